The van der Waals surface area contributed by atoms with E-state index in [0.29, 0.717) is 10.6 Å². The molecule has 0 saturated carbocycles. The summed E-state index contributed by atoms with van der Waals surface area (Å²) < 4.78 is 0. The Morgan fingerprint density at radius 2 is 2.06 bits per heavy atom. The van der Waals surface area contributed by atoms with Gasteiger partial charge in [0.05, 0.1) is 16.3 Å². The molecule has 1 N–H and O–H groups in total. The SMILES string of the molecule is CNC1(C)CCN(c2cccc(Cl)c2C#N)CC1. The summed E-state index contributed by atoms with van der Waals surface area (Å²) in [6.07, 6.45) is 2.14. The van der Waals surface area contributed by atoms with Crippen LogP contribution in [0.3, 0.4) is 0 Å². The molecule has 1 heterocycles. The molecule has 0 bridgehead atoms. The van der Waals surface area contributed by atoms with Crippen molar-refractivity contribution in [3.05, 3.63) is 28.8 Å². The molecule has 0 aromatic heterocycles. The van der Waals surface area contributed by atoms with E-state index in [9.17, 15) is 5.26 Å². The maximum absolute atomic E-state index is 9.21. The van der Waals surface area contributed by atoms with Gasteiger partial charge in [0.2, 0.25) is 0 Å². The number of nitriles is 1. The van der Waals surface area contributed by atoms with Gasteiger partial charge in [-0.3, -0.25) is 0 Å². The quantitative estimate of drug-likeness (QED) is 0.892. The highest BCUT2D eigenvalue weighted by Crippen LogP contribution is 2.31. The highest BCUT2D eigenvalue weighted by Gasteiger charge is 2.29. The average Bonchev–Trinajstić information content (AvgIpc) is 2.39. The molecule has 4 heteroatoms. The van der Waals surface area contributed by atoms with Gasteiger partial charge in [0.25, 0.3) is 0 Å². The Labute approximate surface area is 113 Å². The summed E-state index contributed by atoms with van der Waals surface area (Å²) in [5.74, 6) is 0. The fourth-order valence-corrected chi connectivity index (χ4v) is 2.59. The Kier molecular flexibility index (Phi) is 3.79. The van der Waals surface area contributed by atoms with Crippen molar-refractivity contribution in [1.82, 2.24) is 5.32 Å². The lowest BCUT2D eigenvalue weighted by molar-refractivity contribution is 0.305. The molecule has 0 radical (unpaired) electrons. The molecule has 18 heavy (non-hydrogen) atoms. The van der Waals surface area contributed by atoms with Crippen molar-refractivity contribution in [3.63, 3.8) is 0 Å². The first-order valence-electron chi connectivity index (χ1n) is 6.22. The minimum atomic E-state index is 0.210. The van der Waals surface area contributed by atoms with E-state index in [1.165, 1.54) is 0 Å². The number of piperidine rings is 1. The molecular formula is C14H18ClN3. The highest BCUT2D eigenvalue weighted by atomic mass is 35.5. The maximum atomic E-state index is 9.21. The number of anilines is 1. The number of nitrogens with zero attached hydrogens (tertiary/aromatic N) is 2. The van der Waals surface area contributed by atoms with E-state index >= 15 is 0 Å². The predicted octanol–water partition coefficient (Wildman–Crippen LogP) is 2.79. The smallest absolute Gasteiger partial charge is 0.103 e. The molecule has 1 fully saturated rings. The molecule has 2 rings (SSSR count). The van der Waals surface area contributed by atoms with Gasteiger partial charge in [-0.1, -0.05) is 17.7 Å². The van der Waals surface area contributed by atoms with Gasteiger partial charge in [-0.15, -0.1) is 0 Å². The van der Waals surface area contributed by atoms with Crippen LogP contribution < -0.4 is 10.2 Å². The van der Waals surface area contributed by atoms with Crippen molar-refractivity contribution >= 4 is 17.3 Å². The van der Waals surface area contributed by atoms with Crippen molar-refractivity contribution in [1.29, 1.82) is 5.26 Å². The lowest BCUT2D eigenvalue weighted by atomic mass is 9.89. The van der Waals surface area contributed by atoms with Gasteiger partial charge in [-0.05, 0) is 38.9 Å². The molecule has 96 valence electrons. The summed E-state index contributed by atoms with van der Waals surface area (Å²) >= 11 is 6.07. The average molecular weight is 264 g/mol. The van der Waals surface area contributed by atoms with Crippen LogP contribution in [0, 0.1) is 11.3 Å². The van der Waals surface area contributed by atoms with Gasteiger partial charge >= 0.3 is 0 Å². The second-order valence-electron chi connectivity index (χ2n) is 5.04. The molecule has 3 nitrogen and oxygen atoms in total. The Morgan fingerprint density at radius 3 is 2.61 bits per heavy atom. The number of hydrogen-bond acceptors (Lipinski definition) is 3. The molecular weight excluding hydrogens is 246 g/mol. The second kappa shape index (κ2) is 5.17. The van der Waals surface area contributed by atoms with Crippen LogP contribution in [0.15, 0.2) is 18.2 Å². The van der Waals surface area contributed by atoms with Crippen molar-refractivity contribution in [2.75, 3.05) is 25.0 Å². The third kappa shape index (κ3) is 2.45. The highest BCUT2D eigenvalue weighted by molar-refractivity contribution is 6.32. The molecule has 1 saturated heterocycles. The van der Waals surface area contributed by atoms with Gasteiger partial charge < -0.3 is 10.2 Å². The standard InChI is InChI=1S/C14H18ClN3/c1-14(17-2)6-8-18(9-7-14)13-5-3-4-12(15)11(13)10-16/h3-5,17H,6-9H2,1-2H3. The number of halogens is 1. The van der Waals surface area contributed by atoms with E-state index in [1.54, 1.807) is 6.07 Å². The van der Waals surface area contributed by atoms with Gasteiger partial charge in [0, 0.05) is 18.6 Å². The van der Waals surface area contributed by atoms with Crippen LogP contribution in [0.2, 0.25) is 5.02 Å². The third-order valence-corrected chi connectivity index (χ3v) is 4.23. The lowest BCUT2D eigenvalue weighted by Gasteiger charge is -2.40. The summed E-state index contributed by atoms with van der Waals surface area (Å²) in [5.41, 5.74) is 1.76. The van der Waals surface area contributed by atoms with Crippen molar-refractivity contribution in [2.45, 2.75) is 25.3 Å². The minimum absolute atomic E-state index is 0.210. The summed E-state index contributed by atoms with van der Waals surface area (Å²) in [6, 6.07) is 7.86. The summed E-state index contributed by atoms with van der Waals surface area (Å²) in [7, 11) is 2.01. The molecule has 0 spiro atoms. The Balaban J connectivity index is 2.21. The molecule has 0 amide bonds. The van der Waals surface area contributed by atoms with Crippen LogP contribution in [0.1, 0.15) is 25.3 Å². The van der Waals surface area contributed by atoms with Crippen molar-refractivity contribution in [3.8, 4) is 6.07 Å². The van der Waals surface area contributed by atoms with E-state index in [-0.39, 0.29) is 5.54 Å². The monoisotopic (exact) mass is 263 g/mol. The summed E-state index contributed by atoms with van der Waals surface area (Å²) in [4.78, 5) is 2.25. The third-order valence-electron chi connectivity index (χ3n) is 3.91. The second-order valence-corrected chi connectivity index (χ2v) is 5.45. The molecule has 0 atom stereocenters. The summed E-state index contributed by atoms with van der Waals surface area (Å²) in [6.45, 7) is 4.15. The zero-order valence-corrected chi connectivity index (χ0v) is 11.6. The fourth-order valence-electron chi connectivity index (χ4n) is 2.38. The van der Waals surface area contributed by atoms with Crippen molar-refractivity contribution < 1.29 is 0 Å². The Morgan fingerprint density at radius 1 is 1.39 bits per heavy atom. The number of nitrogens with one attached hydrogen (secondary N) is 1. The van der Waals surface area contributed by atoms with Gasteiger partial charge in [-0.25, -0.2) is 0 Å². The van der Waals surface area contributed by atoms with E-state index in [1.807, 2.05) is 19.2 Å². The Hall–Kier alpha value is -1.24. The number of benzene rings is 1. The Bertz CT molecular complexity index is 470. The number of rotatable bonds is 2. The topological polar surface area (TPSA) is 39.1 Å². The van der Waals surface area contributed by atoms with Crippen LogP contribution in [-0.4, -0.2) is 25.7 Å². The van der Waals surface area contributed by atoms with Crippen LogP contribution in [0.4, 0.5) is 5.69 Å². The lowest BCUT2D eigenvalue weighted by Crippen LogP contribution is -2.50. The van der Waals surface area contributed by atoms with Gasteiger partial charge in [-0.2, -0.15) is 5.26 Å². The van der Waals surface area contributed by atoms with Crippen LogP contribution in [0.5, 0.6) is 0 Å². The molecule has 1 aromatic rings. The van der Waals surface area contributed by atoms with E-state index in [2.05, 4.69) is 23.2 Å². The van der Waals surface area contributed by atoms with Crippen LogP contribution in [-0.2, 0) is 0 Å². The first kappa shape index (κ1) is 13.2. The van der Waals surface area contributed by atoms with E-state index in [4.69, 9.17) is 11.6 Å². The first-order chi connectivity index (χ1) is 8.59. The van der Waals surface area contributed by atoms with Crippen LogP contribution in [0.25, 0.3) is 0 Å². The number of hydrogen-bond donors (Lipinski definition) is 1. The van der Waals surface area contributed by atoms with Crippen molar-refractivity contribution in [2.24, 2.45) is 0 Å². The normalized spacial score (nSPS) is 18.4. The minimum Gasteiger partial charge on any atom is -0.370 e. The molecule has 1 aromatic carbocycles. The largest absolute Gasteiger partial charge is 0.370 e. The van der Waals surface area contributed by atoms with Crippen LogP contribution >= 0.6 is 11.6 Å². The fraction of sp³-hybridized carbons (Fsp3) is 0.500. The molecule has 1 aliphatic rings. The van der Waals surface area contributed by atoms with E-state index in [0.717, 1.165) is 31.6 Å². The zero-order valence-electron chi connectivity index (χ0n) is 10.8. The summed E-state index contributed by atoms with van der Waals surface area (Å²) in [5, 5.41) is 13.1. The zero-order chi connectivity index (χ0) is 13.2. The maximum Gasteiger partial charge on any atom is 0.103 e. The molecule has 1 aliphatic heterocycles. The molecule has 0 unspecified atom stereocenters. The first-order valence-corrected chi connectivity index (χ1v) is 6.60. The van der Waals surface area contributed by atoms with Gasteiger partial charge in [0.1, 0.15) is 6.07 Å². The molecule has 0 aliphatic carbocycles. The van der Waals surface area contributed by atoms with E-state index < -0.39 is 0 Å². The van der Waals surface area contributed by atoms with Gasteiger partial charge in [0.15, 0.2) is 0 Å². The predicted molar refractivity (Wildman–Crippen MR) is 75.1 cm³/mol.